The summed E-state index contributed by atoms with van der Waals surface area (Å²) < 4.78 is 4.30. The number of nitrogens with zero attached hydrogens (tertiary/aromatic N) is 2. The molecule has 0 saturated carbocycles. The molecule has 7 nitrogen and oxygen atoms in total. The average molecular weight is 198 g/mol. The number of methoxy groups -OCH3 is 1. The molecule has 0 atom stereocenters. The Labute approximate surface area is 78.1 Å². The molecule has 7 heteroatoms. The van der Waals surface area contributed by atoms with Crippen molar-refractivity contribution < 1.29 is 19.6 Å². The summed E-state index contributed by atoms with van der Waals surface area (Å²) in [6.45, 7) is 0. The summed E-state index contributed by atoms with van der Waals surface area (Å²) >= 11 is 0. The number of aromatic hydroxyl groups is 1. The fraction of sp³-hybridized carbons (Fsp3) is 0.143. The number of carbonyl (C=O) groups is 1. The maximum Gasteiger partial charge on any atom is 0.406 e. The first-order valence-corrected chi connectivity index (χ1v) is 3.48. The molecule has 1 aromatic rings. The Balaban J connectivity index is 3.27. The third kappa shape index (κ3) is 1.60. The van der Waals surface area contributed by atoms with Crippen LogP contribution in [0.25, 0.3) is 0 Å². The third-order valence-corrected chi connectivity index (χ3v) is 1.48. The van der Waals surface area contributed by atoms with Crippen molar-refractivity contribution in [2.45, 2.75) is 0 Å². The quantitative estimate of drug-likeness (QED) is 0.421. The van der Waals surface area contributed by atoms with Gasteiger partial charge in [0.1, 0.15) is 11.8 Å². The van der Waals surface area contributed by atoms with E-state index >= 15 is 0 Å². The highest BCUT2D eigenvalue weighted by molar-refractivity contribution is 5.93. The van der Waals surface area contributed by atoms with Gasteiger partial charge >= 0.3 is 11.8 Å². The predicted octanol–water partition coefficient (Wildman–Crippen LogP) is 0.482. The van der Waals surface area contributed by atoms with Crippen LogP contribution in [0.3, 0.4) is 0 Å². The molecule has 0 aliphatic rings. The Morgan fingerprint density at radius 3 is 2.86 bits per heavy atom. The number of aromatic nitrogens is 1. The fourth-order valence-electron chi connectivity index (χ4n) is 0.851. The maximum absolute atomic E-state index is 11.0. The Bertz CT molecular complexity index is 390. The van der Waals surface area contributed by atoms with E-state index in [1.165, 1.54) is 0 Å². The lowest BCUT2D eigenvalue weighted by atomic mass is 10.2. The Morgan fingerprint density at radius 1 is 1.71 bits per heavy atom. The predicted molar refractivity (Wildman–Crippen MR) is 43.9 cm³/mol. The zero-order chi connectivity index (χ0) is 10.7. The molecule has 1 N–H and O–H groups in total. The van der Waals surface area contributed by atoms with E-state index in [1.54, 1.807) is 0 Å². The normalized spacial score (nSPS) is 9.50. The zero-order valence-corrected chi connectivity index (χ0v) is 7.13. The second kappa shape index (κ2) is 3.69. The lowest BCUT2D eigenvalue weighted by Crippen LogP contribution is -2.04. The molecular weight excluding hydrogens is 192 g/mol. The standard InChI is InChI=1S/C7H6N2O5/c1-14-7(11)4-2-3-8-6(5(4)10)9(12)13/h2-3,10H,1H3. The number of rotatable bonds is 2. The molecular formula is C7H6N2O5. The summed E-state index contributed by atoms with van der Waals surface area (Å²) in [6, 6.07) is 1.13. The molecule has 0 radical (unpaired) electrons. The molecule has 0 amide bonds. The minimum Gasteiger partial charge on any atom is -0.500 e. The van der Waals surface area contributed by atoms with Crippen molar-refractivity contribution in [3.63, 3.8) is 0 Å². The van der Waals surface area contributed by atoms with Crippen LogP contribution in [0.5, 0.6) is 5.75 Å². The Kier molecular flexibility index (Phi) is 2.61. The molecule has 74 valence electrons. The smallest absolute Gasteiger partial charge is 0.406 e. The topological polar surface area (TPSA) is 103 Å². The molecule has 0 bridgehead atoms. The summed E-state index contributed by atoms with van der Waals surface area (Å²) in [4.78, 5) is 23.7. The summed E-state index contributed by atoms with van der Waals surface area (Å²) in [6.07, 6.45) is 1.05. The number of carbonyl (C=O) groups excluding carboxylic acids is 1. The van der Waals surface area contributed by atoms with E-state index < -0.39 is 22.5 Å². The van der Waals surface area contributed by atoms with E-state index in [-0.39, 0.29) is 5.56 Å². The van der Waals surface area contributed by atoms with Crippen molar-refractivity contribution in [2.75, 3.05) is 7.11 Å². The molecule has 1 aromatic heterocycles. The Hall–Kier alpha value is -2.18. The van der Waals surface area contributed by atoms with Crippen LogP contribution in [0.1, 0.15) is 10.4 Å². The van der Waals surface area contributed by atoms with Gasteiger partial charge in [0, 0.05) is 6.07 Å². The highest BCUT2D eigenvalue weighted by atomic mass is 16.6. The van der Waals surface area contributed by atoms with Gasteiger partial charge in [-0.1, -0.05) is 0 Å². The van der Waals surface area contributed by atoms with Gasteiger partial charge in [-0.15, -0.1) is 0 Å². The van der Waals surface area contributed by atoms with Gasteiger partial charge in [-0.2, -0.15) is 0 Å². The second-order valence-corrected chi connectivity index (χ2v) is 2.28. The first-order chi connectivity index (χ1) is 6.57. The van der Waals surface area contributed by atoms with Gasteiger partial charge in [0.15, 0.2) is 0 Å². The summed E-state index contributed by atoms with van der Waals surface area (Å²) in [7, 11) is 1.11. The first-order valence-electron chi connectivity index (χ1n) is 3.48. The molecule has 1 rings (SSSR count). The van der Waals surface area contributed by atoms with Crippen LogP contribution in [0.15, 0.2) is 12.3 Å². The minimum atomic E-state index is -0.887. The third-order valence-electron chi connectivity index (χ3n) is 1.48. The molecule has 0 fully saturated rings. The number of esters is 1. The van der Waals surface area contributed by atoms with Gasteiger partial charge in [-0.05, 0) is 9.91 Å². The van der Waals surface area contributed by atoms with Crippen LogP contribution in [0, 0.1) is 10.1 Å². The first kappa shape index (κ1) is 9.90. The van der Waals surface area contributed by atoms with Crippen molar-refractivity contribution in [1.29, 1.82) is 0 Å². The molecule has 0 aliphatic carbocycles. The van der Waals surface area contributed by atoms with Crippen LogP contribution >= 0.6 is 0 Å². The lowest BCUT2D eigenvalue weighted by Gasteiger charge is -2.00. The molecule has 0 aromatic carbocycles. The van der Waals surface area contributed by atoms with Crippen LogP contribution in [-0.2, 0) is 4.74 Å². The Morgan fingerprint density at radius 2 is 2.36 bits per heavy atom. The van der Waals surface area contributed by atoms with E-state index in [0.717, 1.165) is 19.4 Å². The van der Waals surface area contributed by atoms with Crippen molar-refractivity contribution >= 4 is 11.8 Å². The van der Waals surface area contributed by atoms with Gasteiger partial charge in [-0.25, -0.2) is 4.79 Å². The van der Waals surface area contributed by atoms with Crippen LogP contribution < -0.4 is 0 Å². The van der Waals surface area contributed by atoms with E-state index in [9.17, 15) is 20.0 Å². The number of ether oxygens (including phenoxy) is 1. The van der Waals surface area contributed by atoms with Gasteiger partial charge in [0.2, 0.25) is 5.75 Å². The fourth-order valence-corrected chi connectivity index (χ4v) is 0.851. The van der Waals surface area contributed by atoms with Crippen LogP contribution in [0.2, 0.25) is 0 Å². The monoisotopic (exact) mass is 198 g/mol. The number of nitro groups is 1. The van der Waals surface area contributed by atoms with Crippen LogP contribution in [-0.4, -0.2) is 28.1 Å². The summed E-state index contributed by atoms with van der Waals surface area (Å²) in [5.74, 6) is -2.41. The van der Waals surface area contributed by atoms with E-state index in [1.807, 2.05) is 0 Å². The van der Waals surface area contributed by atoms with Crippen molar-refractivity contribution in [1.82, 2.24) is 4.98 Å². The van der Waals surface area contributed by atoms with E-state index in [0.29, 0.717) is 0 Å². The molecule has 0 saturated heterocycles. The highest BCUT2D eigenvalue weighted by Gasteiger charge is 2.22. The number of hydrogen-bond donors (Lipinski definition) is 1. The van der Waals surface area contributed by atoms with Crippen LogP contribution in [0.4, 0.5) is 5.82 Å². The largest absolute Gasteiger partial charge is 0.500 e. The van der Waals surface area contributed by atoms with Crippen molar-refractivity contribution in [3.8, 4) is 5.75 Å². The molecule has 14 heavy (non-hydrogen) atoms. The number of hydrogen-bond acceptors (Lipinski definition) is 6. The number of pyridine rings is 1. The van der Waals surface area contributed by atoms with E-state index in [2.05, 4.69) is 9.72 Å². The van der Waals surface area contributed by atoms with Gasteiger partial charge in [-0.3, -0.25) is 0 Å². The van der Waals surface area contributed by atoms with Gasteiger partial charge < -0.3 is 20.0 Å². The SMILES string of the molecule is COC(=O)c1ccnc([N+](=O)[O-])c1O. The zero-order valence-electron chi connectivity index (χ0n) is 7.13. The molecule has 1 heterocycles. The summed E-state index contributed by atoms with van der Waals surface area (Å²) in [5, 5.41) is 19.6. The van der Waals surface area contributed by atoms with Crippen molar-refractivity contribution in [3.05, 3.63) is 27.9 Å². The maximum atomic E-state index is 11.0. The second-order valence-electron chi connectivity index (χ2n) is 2.28. The molecule has 0 aliphatic heterocycles. The average Bonchev–Trinajstić information content (AvgIpc) is 2.16. The van der Waals surface area contributed by atoms with Crippen molar-refractivity contribution in [2.24, 2.45) is 0 Å². The van der Waals surface area contributed by atoms with E-state index in [4.69, 9.17) is 0 Å². The minimum absolute atomic E-state index is 0.283. The van der Waals surface area contributed by atoms with Gasteiger partial charge in [0.25, 0.3) is 0 Å². The lowest BCUT2D eigenvalue weighted by molar-refractivity contribution is -0.390. The summed E-state index contributed by atoms with van der Waals surface area (Å²) in [5.41, 5.74) is -0.283. The molecule has 0 unspecified atom stereocenters. The van der Waals surface area contributed by atoms with Gasteiger partial charge in [0.05, 0.1) is 7.11 Å². The highest BCUT2D eigenvalue weighted by Crippen LogP contribution is 2.26. The molecule has 0 spiro atoms.